The first kappa shape index (κ1) is 13.0. The topological polar surface area (TPSA) is 71.4 Å². The molecule has 0 saturated heterocycles. The molecule has 0 bridgehead atoms. The summed E-state index contributed by atoms with van der Waals surface area (Å²) < 4.78 is 23.5. The van der Waals surface area contributed by atoms with Crippen molar-refractivity contribution in [2.75, 3.05) is 5.75 Å². The molecule has 0 aliphatic heterocycles. The van der Waals surface area contributed by atoms with Crippen molar-refractivity contribution in [1.82, 2.24) is 0 Å². The quantitative estimate of drug-likeness (QED) is 0.899. The van der Waals surface area contributed by atoms with E-state index in [9.17, 15) is 13.2 Å². The van der Waals surface area contributed by atoms with Gasteiger partial charge in [0, 0.05) is 5.02 Å². The highest BCUT2D eigenvalue weighted by atomic mass is 35.5. The van der Waals surface area contributed by atoms with Crippen LogP contribution in [0.25, 0.3) is 0 Å². The predicted molar refractivity (Wildman–Crippen MR) is 60.3 cm³/mol. The Hall–Kier alpha value is -1.07. The van der Waals surface area contributed by atoms with Gasteiger partial charge < -0.3 is 5.11 Å². The average Bonchev–Trinajstić information content (AvgIpc) is 2.17. The van der Waals surface area contributed by atoms with Crippen molar-refractivity contribution in [2.45, 2.75) is 11.8 Å². The Morgan fingerprint density at radius 2 is 1.88 bits per heavy atom. The van der Waals surface area contributed by atoms with E-state index in [1.54, 1.807) is 0 Å². The molecule has 1 aromatic rings. The molecule has 0 aromatic heterocycles. The Balaban J connectivity index is 2.94. The summed E-state index contributed by atoms with van der Waals surface area (Å²) in [6.07, 6.45) is 0. The van der Waals surface area contributed by atoms with Crippen LogP contribution in [0.2, 0.25) is 5.02 Å². The number of sulfone groups is 1. The summed E-state index contributed by atoms with van der Waals surface area (Å²) in [6.45, 7) is 1.36. The molecule has 4 nitrogen and oxygen atoms in total. The van der Waals surface area contributed by atoms with Gasteiger partial charge in [0.05, 0.1) is 16.6 Å². The van der Waals surface area contributed by atoms with Crippen LogP contribution in [0.1, 0.15) is 6.92 Å². The van der Waals surface area contributed by atoms with E-state index in [0.29, 0.717) is 5.02 Å². The van der Waals surface area contributed by atoms with E-state index in [1.807, 2.05) is 0 Å². The highest BCUT2D eigenvalue weighted by Crippen LogP contribution is 2.17. The first-order chi connectivity index (χ1) is 7.33. The smallest absolute Gasteiger partial charge is 0.307 e. The number of carboxylic acids is 1. The third kappa shape index (κ3) is 3.21. The van der Waals surface area contributed by atoms with Gasteiger partial charge in [-0.15, -0.1) is 0 Å². The molecule has 0 radical (unpaired) electrons. The third-order valence-corrected chi connectivity index (χ3v) is 4.24. The standard InChI is InChI=1S/C10H11ClO4S/c1-7(10(12)13)6-16(14,15)9-4-2-8(11)3-5-9/h2-5,7H,6H2,1H3,(H,12,13)/t7-/m1/s1. The van der Waals surface area contributed by atoms with Crippen molar-refractivity contribution in [3.05, 3.63) is 29.3 Å². The number of rotatable bonds is 4. The van der Waals surface area contributed by atoms with E-state index < -0.39 is 27.5 Å². The SMILES string of the molecule is C[C@H](CS(=O)(=O)c1ccc(Cl)cc1)C(=O)O. The van der Waals surface area contributed by atoms with Gasteiger partial charge in [-0.25, -0.2) is 8.42 Å². The van der Waals surface area contributed by atoms with Crippen molar-refractivity contribution in [3.8, 4) is 0 Å². The molecule has 1 aromatic carbocycles. The summed E-state index contributed by atoms with van der Waals surface area (Å²) >= 11 is 5.63. The van der Waals surface area contributed by atoms with Crippen LogP contribution in [0.4, 0.5) is 0 Å². The average molecular weight is 263 g/mol. The fourth-order valence-corrected chi connectivity index (χ4v) is 2.81. The lowest BCUT2D eigenvalue weighted by molar-refractivity contribution is -0.140. The molecule has 88 valence electrons. The van der Waals surface area contributed by atoms with Crippen molar-refractivity contribution >= 4 is 27.4 Å². The van der Waals surface area contributed by atoms with Gasteiger partial charge in [0.2, 0.25) is 0 Å². The van der Waals surface area contributed by atoms with Gasteiger partial charge in [0.25, 0.3) is 0 Å². The minimum Gasteiger partial charge on any atom is -0.481 e. The zero-order valence-electron chi connectivity index (χ0n) is 8.55. The Bertz CT molecular complexity index is 478. The molecule has 0 saturated carbocycles. The van der Waals surface area contributed by atoms with Crippen molar-refractivity contribution in [1.29, 1.82) is 0 Å². The molecular formula is C10H11ClO4S. The largest absolute Gasteiger partial charge is 0.481 e. The number of benzene rings is 1. The maximum Gasteiger partial charge on any atom is 0.307 e. The number of aliphatic carboxylic acids is 1. The second-order valence-corrected chi connectivity index (χ2v) is 5.95. The number of hydrogen-bond donors (Lipinski definition) is 1. The zero-order valence-corrected chi connectivity index (χ0v) is 10.1. The molecule has 0 amide bonds. The van der Waals surface area contributed by atoms with Crippen molar-refractivity contribution in [2.24, 2.45) is 5.92 Å². The summed E-state index contributed by atoms with van der Waals surface area (Å²) in [5.74, 6) is -2.47. The molecule has 0 aliphatic carbocycles. The summed E-state index contributed by atoms with van der Waals surface area (Å²) in [7, 11) is -3.56. The third-order valence-electron chi connectivity index (χ3n) is 2.06. The summed E-state index contributed by atoms with van der Waals surface area (Å²) in [5, 5.41) is 9.09. The molecule has 6 heteroatoms. The Labute approximate surface area is 98.8 Å². The van der Waals surface area contributed by atoms with Crippen LogP contribution in [-0.2, 0) is 14.6 Å². The van der Waals surface area contributed by atoms with Crippen LogP contribution in [0.3, 0.4) is 0 Å². The lowest BCUT2D eigenvalue weighted by Gasteiger charge is -2.07. The lowest BCUT2D eigenvalue weighted by Crippen LogP contribution is -2.21. The van der Waals surface area contributed by atoms with Gasteiger partial charge in [-0.1, -0.05) is 18.5 Å². The predicted octanol–water partition coefficient (Wildman–Crippen LogP) is 1.83. The van der Waals surface area contributed by atoms with Gasteiger partial charge in [0.15, 0.2) is 9.84 Å². The highest BCUT2D eigenvalue weighted by Gasteiger charge is 2.22. The number of halogens is 1. The highest BCUT2D eigenvalue weighted by molar-refractivity contribution is 7.91. The van der Waals surface area contributed by atoms with E-state index >= 15 is 0 Å². The van der Waals surface area contributed by atoms with Gasteiger partial charge >= 0.3 is 5.97 Å². The van der Waals surface area contributed by atoms with Crippen molar-refractivity contribution in [3.63, 3.8) is 0 Å². The molecule has 1 atom stereocenters. The molecular weight excluding hydrogens is 252 g/mol. The molecule has 0 unspecified atom stereocenters. The van der Waals surface area contributed by atoms with Gasteiger partial charge in [-0.3, -0.25) is 4.79 Å². The maximum atomic E-state index is 11.8. The molecule has 1 rings (SSSR count). The Kier molecular flexibility index (Phi) is 3.93. The van der Waals surface area contributed by atoms with E-state index in [1.165, 1.54) is 31.2 Å². The van der Waals surface area contributed by atoms with Crippen molar-refractivity contribution < 1.29 is 18.3 Å². The van der Waals surface area contributed by atoms with Gasteiger partial charge in [0.1, 0.15) is 0 Å². The van der Waals surface area contributed by atoms with Gasteiger partial charge in [-0.2, -0.15) is 0 Å². The molecule has 0 spiro atoms. The minimum atomic E-state index is -3.56. The first-order valence-electron chi connectivity index (χ1n) is 4.54. The van der Waals surface area contributed by atoms with Crippen LogP contribution in [-0.4, -0.2) is 25.2 Å². The molecule has 0 aliphatic rings. The second kappa shape index (κ2) is 4.84. The van der Waals surface area contributed by atoms with E-state index in [4.69, 9.17) is 16.7 Å². The van der Waals surface area contributed by atoms with Crippen LogP contribution in [0.5, 0.6) is 0 Å². The summed E-state index contributed by atoms with van der Waals surface area (Å²) in [6, 6.07) is 5.65. The second-order valence-electron chi connectivity index (χ2n) is 3.47. The maximum absolute atomic E-state index is 11.8. The van der Waals surface area contributed by atoms with Crippen LogP contribution in [0, 0.1) is 5.92 Å². The number of hydrogen-bond acceptors (Lipinski definition) is 3. The summed E-state index contributed by atoms with van der Waals surface area (Å²) in [5.41, 5.74) is 0. The lowest BCUT2D eigenvalue weighted by atomic mass is 10.2. The van der Waals surface area contributed by atoms with Crippen LogP contribution >= 0.6 is 11.6 Å². The first-order valence-corrected chi connectivity index (χ1v) is 6.57. The number of carboxylic acid groups (broad SMARTS) is 1. The van der Waals surface area contributed by atoms with Crippen LogP contribution in [0.15, 0.2) is 29.2 Å². The normalized spacial score (nSPS) is 13.4. The van der Waals surface area contributed by atoms with E-state index in [0.717, 1.165) is 0 Å². The molecule has 0 heterocycles. The fourth-order valence-electron chi connectivity index (χ4n) is 1.14. The van der Waals surface area contributed by atoms with E-state index in [-0.39, 0.29) is 4.90 Å². The Morgan fingerprint density at radius 1 is 1.38 bits per heavy atom. The molecule has 0 fully saturated rings. The molecule has 16 heavy (non-hydrogen) atoms. The molecule has 1 N–H and O–H groups in total. The zero-order chi connectivity index (χ0) is 12.3. The number of carbonyl (C=O) groups is 1. The van der Waals surface area contributed by atoms with Crippen LogP contribution < -0.4 is 0 Å². The van der Waals surface area contributed by atoms with E-state index in [2.05, 4.69) is 0 Å². The minimum absolute atomic E-state index is 0.0880. The summed E-state index contributed by atoms with van der Waals surface area (Å²) in [4.78, 5) is 10.7. The van der Waals surface area contributed by atoms with Gasteiger partial charge in [-0.05, 0) is 24.3 Å². The monoisotopic (exact) mass is 262 g/mol. The Morgan fingerprint density at radius 3 is 2.31 bits per heavy atom. The fraction of sp³-hybridized carbons (Fsp3) is 0.300.